The summed E-state index contributed by atoms with van der Waals surface area (Å²) in [6.07, 6.45) is 3.43. The van der Waals surface area contributed by atoms with Crippen LogP contribution in [0.2, 0.25) is 0 Å². The minimum absolute atomic E-state index is 0.0123. The Morgan fingerprint density at radius 1 is 1.62 bits per heavy atom. The van der Waals surface area contributed by atoms with E-state index in [2.05, 4.69) is 6.58 Å². The lowest BCUT2D eigenvalue weighted by molar-refractivity contribution is -0.162. The van der Waals surface area contributed by atoms with Gasteiger partial charge in [-0.1, -0.05) is 6.08 Å². The number of fused-ring (bicyclic) bond motifs is 2. The average molecular weight is 224 g/mol. The number of rotatable bonds is 3. The van der Waals surface area contributed by atoms with Gasteiger partial charge in [0.25, 0.3) is 0 Å². The van der Waals surface area contributed by atoms with Gasteiger partial charge < -0.3 is 9.47 Å². The molecule has 0 aromatic rings. The van der Waals surface area contributed by atoms with Crippen molar-refractivity contribution in [2.45, 2.75) is 38.4 Å². The van der Waals surface area contributed by atoms with Crippen molar-refractivity contribution in [2.75, 3.05) is 0 Å². The molecule has 1 saturated heterocycles. The molecule has 0 N–H and O–H groups in total. The summed E-state index contributed by atoms with van der Waals surface area (Å²) in [6.45, 7) is 5.07. The largest absolute Gasteiger partial charge is 0.458 e. The normalized spacial score (nSPS) is 36.7. The van der Waals surface area contributed by atoms with Gasteiger partial charge >= 0.3 is 11.9 Å². The quantitative estimate of drug-likeness (QED) is 0.537. The highest BCUT2D eigenvalue weighted by molar-refractivity contribution is 5.75. The maximum absolute atomic E-state index is 11.4. The van der Waals surface area contributed by atoms with Gasteiger partial charge in [0, 0.05) is 19.3 Å². The Balaban J connectivity index is 2.13. The van der Waals surface area contributed by atoms with Crippen molar-refractivity contribution in [3.8, 4) is 0 Å². The van der Waals surface area contributed by atoms with E-state index in [4.69, 9.17) is 9.47 Å². The van der Waals surface area contributed by atoms with Crippen LogP contribution in [-0.2, 0) is 19.1 Å². The predicted molar refractivity (Wildman–Crippen MR) is 56.5 cm³/mol. The van der Waals surface area contributed by atoms with Gasteiger partial charge in [0.2, 0.25) is 0 Å². The van der Waals surface area contributed by atoms with Crippen LogP contribution in [0.3, 0.4) is 0 Å². The Morgan fingerprint density at radius 3 is 3.00 bits per heavy atom. The number of carbonyl (C=O) groups is 2. The summed E-state index contributed by atoms with van der Waals surface area (Å²) < 4.78 is 10.5. The van der Waals surface area contributed by atoms with E-state index in [0.29, 0.717) is 6.42 Å². The number of hydrogen-bond donors (Lipinski definition) is 0. The zero-order valence-corrected chi connectivity index (χ0v) is 9.35. The molecule has 4 nitrogen and oxygen atoms in total. The average Bonchev–Trinajstić information content (AvgIpc) is 2.50. The minimum atomic E-state index is -0.319. The van der Waals surface area contributed by atoms with E-state index in [0.717, 1.165) is 12.8 Å². The third-order valence-electron chi connectivity index (χ3n) is 3.31. The molecule has 0 amide bonds. The first-order valence-electron chi connectivity index (χ1n) is 5.60. The fourth-order valence-electron chi connectivity index (χ4n) is 2.68. The lowest BCUT2D eigenvalue weighted by Crippen LogP contribution is -2.40. The molecule has 2 rings (SSSR count). The Kier molecular flexibility index (Phi) is 2.99. The number of carbonyl (C=O) groups excluding carboxylic acids is 2. The molecule has 2 bridgehead atoms. The van der Waals surface area contributed by atoms with E-state index in [1.54, 1.807) is 6.08 Å². The predicted octanol–water partition coefficient (Wildman–Crippen LogP) is 1.45. The lowest BCUT2D eigenvalue weighted by Gasteiger charge is -2.32. The third kappa shape index (κ3) is 1.96. The summed E-state index contributed by atoms with van der Waals surface area (Å²) in [4.78, 5) is 22.5. The molecular weight excluding hydrogens is 208 g/mol. The van der Waals surface area contributed by atoms with Crippen LogP contribution in [0.5, 0.6) is 0 Å². The van der Waals surface area contributed by atoms with E-state index < -0.39 is 0 Å². The van der Waals surface area contributed by atoms with Crippen LogP contribution in [-0.4, -0.2) is 24.1 Å². The van der Waals surface area contributed by atoms with E-state index in [-0.39, 0.29) is 36.0 Å². The van der Waals surface area contributed by atoms with Crippen molar-refractivity contribution < 1.29 is 19.1 Å². The van der Waals surface area contributed by atoms with E-state index in [1.807, 2.05) is 0 Å². The first-order valence-corrected chi connectivity index (χ1v) is 5.60. The molecule has 4 heteroatoms. The molecule has 1 aliphatic carbocycles. The van der Waals surface area contributed by atoms with Gasteiger partial charge in [-0.15, -0.1) is 6.58 Å². The summed E-state index contributed by atoms with van der Waals surface area (Å²) in [5.41, 5.74) is 0. The van der Waals surface area contributed by atoms with Crippen LogP contribution in [0.1, 0.15) is 26.2 Å². The Bertz CT molecular complexity index is 323. The molecule has 88 valence electrons. The van der Waals surface area contributed by atoms with Gasteiger partial charge in [-0.05, 0) is 12.8 Å². The van der Waals surface area contributed by atoms with Gasteiger partial charge in [0.05, 0.1) is 5.92 Å². The van der Waals surface area contributed by atoms with E-state index >= 15 is 0 Å². The fourth-order valence-corrected chi connectivity index (χ4v) is 2.68. The Hall–Kier alpha value is -1.32. The molecule has 1 aliphatic heterocycles. The molecule has 3 unspecified atom stereocenters. The summed E-state index contributed by atoms with van der Waals surface area (Å²) >= 11 is 0. The van der Waals surface area contributed by atoms with Crippen LogP contribution in [0.4, 0.5) is 0 Å². The number of hydrogen-bond acceptors (Lipinski definition) is 4. The highest BCUT2D eigenvalue weighted by Gasteiger charge is 2.49. The van der Waals surface area contributed by atoms with Crippen LogP contribution < -0.4 is 0 Å². The Labute approximate surface area is 94.6 Å². The molecule has 0 aromatic heterocycles. The SMILES string of the molecule is C=CCC1CC2CC(OC2=O)[C@@H]1OC(C)=O. The van der Waals surface area contributed by atoms with Crippen molar-refractivity contribution in [1.82, 2.24) is 0 Å². The van der Waals surface area contributed by atoms with Crippen LogP contribution >= 0.6 is 0 Å². The monoisotopic (exact) mass is 224 g/mol. The molecule has 0 spiro atoms. The minimum Gasteiger partial charge on any atom is -0.458 e. The van der Waals surface area contributed by atoms with Gasteiger partial charge in [-0.3, -0.25) is 9.59 Å². The van der Waals surface area contributed by atoms with Crippen LogP contribution in [0.25, 0.3) is 0 Å². The van der Waals surface area contributed by atoms with E-state index in [1.165, 1.54) is 6.92 Å². The van der Waals surface area contributed by atoms with E-state index in [9.17, 15) is 9.59 Å². The smallest absolute Gasteiger partial charge is 0.309 e. The molecule has 2 aliphatic rings. The topological polar surface area (TPSA) is 52.6 Å². The highest BCUT2D eigenvalue weighted by atomic mass is 16.6. The molecule has 16 heavy (non-hydrogen) atoms. The number of esters is 2. The molecule has 0 aromatic carbocycles. The molecule has 2 fully saturated rings. The maximum atomic E-state index is 11.4. The summed E-state index contributed by atoms with van der Waals surface area (Å²) in [7, 11) is 0. The molecule has 1 saturated carbocycles. The summed E-state index contributed by atoms with van der Waals surface area (Å²) in [5, 5.41) is 0. The zero-order chi connectivity index (χ0) is 11.7. The van der Waals surface area contributed by atoms with Crippen molar-refractivity contribution in [1.29, 1.82) is 0 Å². The fraction of sp³-hybridized carbons (Fsp3) is 0.667. The lowest BCUT2D eigenvalue weighted by atomic mass is 9.78. The van der Waals surface area contributed by atoms with Gasteiger partial charge in [0.1, 0.15) is 12.2 Å². The number of ether oxygens (including phenoxy) is 2. The van der Waals surface area contributed by atoms with Crippen molar-refractivity contribution in [3.63, 3.8) is 0 Å². The van der Waals surface area contributed by atoms with Gasteiger partial charge in [0.15, 0.2) is 0 Å². The maximum Gasteiger partial charge on any atom is 0.309 e. The van der Waals surface area contributed by atoms with Crippen LogP contribution in [0, 0.1) is 11.8 Å². The summed E-state index contributed by atoms with van der Waals surface area (Å²) in [5.74, 6) is -0.312. The third-order valence-corrected chi connectivity index (χ3v) is 3.31. The highest BCUT2D eigenvalue weighted by Crippen LogP contribution is 2.40. The number of allylic oxidation sites excluding steroid dienone is 1. The molecule has 1 heterocycles. The molecule has 4 atom stereocenters. The van der Waals surface area contributed by atoms with Crippen molar-refractivity contribution in [3.05, 3.63) is 12.7 Å². The van der Waals surface area contributed by atoms with Crippen molar-refractivity contribution in [2.24, 2.45) is 11.8 Å². The van der Waals surface area contributed by atoms with Crippen molar-refractivity contribution >= 4 is 11.9 Å². The first kappa shape index (κ1) is 11.2. The molecule has 0 radical (unpaired) electrons. The first-order chi connectivity index (χ1) is 7.61. The second-order valence-corrected chi connectivity index (χ2v) is 4.50. The van der Waals surface area contributed by atoms with Crippen LogP contribution in [0.15, 0.2) is 12.7 Å². The van der Waals surface area contributed by atoms with Gasteiger partial charge in [-0.25, -0.2) is 0 Å². The molecular formula is C12H16O4. The zero-order valence-electron chi connectivity index (χ0n) is 9.35. The standard InChI is InChI=1S/C12H16O4/c1-3-4-8-5-9-6-10(16-12(9)14)11(8)15-7(2)13/h3,8-11H,1,4-6H2,2H3/t8?,9?,10?,11-/m1/s1. The van der Waals surface area contributed by atoms with Gasteiger partial charge in [-0.2, -0.15) is 0 Å². The second kappa shape index (κ2) is 4.28. The summed E-state index contributed by atoms with van der Waals surface area (Å²) in [6, 6.07) is 0. The Morgan fingerprint density at radius 2 is 2.38 bits per heavy atom. The second-order valence-electron chi connectivity index (χ2n) is 4.50.